The largest absolute Gasteiger partial charge is 0.348 e. The van der Waals surface area contributed by atoms with Crippen LogP contribution in [0.15, 0.2) is 42.7 Å². The summed E-state index contributed by atoms with van der Waals surface area (Å²) in [6.07, 6.45) is 3.65. The zero-order valence-electron chi connectivity index (χ0n) is 10.7. The molecule has 0 spiro atoms. The van der Waals surface area contributed by atoms with E-state index >= 15 is 0 Å². The molecular formula is C14H17N3O. The summed E-state index contributed by atoms with van der Waals surface area (Å²) < 4.78 is 1.84. The molecule has 0 N–H and O–H groups in total. The minimum Gasteiger partial charge on any atom is -0.348 e. The maximum Gasteiger partial charge on any atom is 0.193 e. The van der Waals surface area contributed by atoms with Gasteiger partial charge in [-0.15, -0.1) is 0 Å². The fourth-order valence-corrected chi connectivity index (χ4v) is 1.90. The Labute approximate surface area is 107 Å². The Balaban J connectivity index is 1.94. The third kappa shape index (κ3) is 3.05. The molecule has 2 aromatic heterocycles. The van der Waals surface area contributed by atoms with Crippen molar-refractivity contribution in [2.24, 2.45) is 7.05 Å². The standard InChI is InChI=1S/C14H17N3O/c1-16(10-12-6-3-4-8-15-12)11-14(18)13-7-5-9-17(13)2/h3-9H,10-11H2,1-2H3. The molecule has 94 valence electrons. The molecule has 0 aliphatic carbocycles. The second-order valence-corrected chi connectivity index (χ2v) is 4.42. The van der Waals surface area contributed by atoms with E-state index in [4.69, 9.17) is 0 Å². The van der Waals surface area contributed by atoms with E-state index in [0.717, 1.165) is 11.4 Å². The summed E-state index contributed by atoms with van der Waals surface area (Å²) in [5.74, 6) is 0.126. The van der Waals surface area contributed by atoms with Gasteiger partial charge in [-0.2, -0.15) is 0 Å². The molecule has 0 amide bonds. The lowest BCUT2D eigenvalue weighted by molar-refractivity contribution is 0.0934. The maximum atomic E-state index is 12.0. The van der Waals surface area contributed by atoms with Crippen LogP contribution in [-0.4, -0.2) is 33.8 Å². The lowest BCUT2D eigenvalue weighted by Crippen LogP contribution is -2.27. The Kier molecular flexibility index (Phi) is 3.89. The maximum absolute atomic E-state index is 12.0. The first kappa shape index (κ1) is 12.5. The van der Waals surface area contributed by atoms with Gasteiger partial charge in [0.15, 0.2) is 5.78 Å². The molecule has 0 saturated heterocycles. The van der Waals surface area contributed by atoms with Crippen molar-refractivity contribution in [1.82, 2.24) is 14.5 Å². The van der Waals surface area contributed by atoms with Gasteiger partial charge >= 0.3 is 0 Å². The third-order valence-corrected chi connectivity index (χ3v) is 2.80. The monoisotopic (exact) mass is 243 g/mol. The Hall–Kier alpha value is -1.94. The number of Topliss-reactive ketones (excluding diaryl/α,β-unsaturated/α-hetero) is 1. The van der Waals surface area contributed by atoms with Crippen molar-refractivity contribution in [2.45, 2.75) is 6.54 Å². The molecular weight excluding hydrogens is 226 g/mol. The smallest absolute Gasteiger partial charge is 0.193 e. The van der Waals surface area contributed by atoms with Crippen LogP contribution < -0.4 is 0 Å². The van der Waals surface area contributed by atoms with Gasteiger partial charge in [0.2, 0.25) is 0 Å². The zero-order chi connectivity index (χ0) is 13.0. The summed E-state index contributed by atoms with van der Waals surface area (Å²) in [4.78, 5) is 18.3. The van der Waals surface area contributed by atoms with Gasteiger partial charge in [0, 0.05) is 26.0 Å². The number of likely N-dealkylation sites (N-methyl/N-ethyl adjacent to an activating group) is 1. The molecule has 0 aliphatic heterocycles. The van der Waals surface area contributed by atoms with Crippen LogP contribution in [0.3, 0.4) is 0 Å². The van der Waals surface area contributed by atoms with Crippen molar-refractivity contribution >= 4 is 5.78 Å². The Morgan fingerprint density at radius 3 is 2.78 bits per heavy atom. The van der Waals surface area contributed by atoms with Crippen LogP contribution in [0.25, 0.3) is 0 Å². The number of ketones is 1. The van der Waals surface area contributed by atoms with E-state index in [1.165, 1.54) is 0 Å². The van der Waals surface area contributed by atoms with E-state index in [0.29, 0.717) is 13.1 Å². The molecule has 2 rings (SSSR count). The quantitative estimate of drug-likeness (QED) is 0.751. The first-order valence-corrected chi connectivity index (χ1v) is 5.90. The normalized spacial score (nSPS) is 10.8. The summed E-state index contributed by atoms with van der Waals surface area (Å²) >= 11 is 0. The van der Waals surface area contributed by atoms with Crippen LogP contribution >= 0.6 is 0 Å². The minimum atomic E-state index is 0.126. The highest BCUT2D eigenvalue weighted by molar-refractivity contribution is 5.96. The first-order chi connectivity index (χ1) is 8.66. The average molecular weight is 243 g/mol. The van der Waals surface area contributed by atoms with E-state index < -0.39 is 0 Å². The lowest BCUT2D eigenvalue weighted by Gasteiger charge is -2.15. The fraction of sp³-hybridized carbons (Fsp3) is 0.286. The van der Waals surface area contributed by atoms with E-state index in [1.54, 1.807) is 6.20 Å². The molecule has 0 bridgehead atoms. The van der Waals surface area contributed by atoms with Crippen molar-refractivity contribution in [3.05, 3.63) is 54.1 Å². The minimum absolute atomic E-state index is 0.126. The number of aromatic nitrogens is 2. The van der Waals surface area contributed by atoms with E-state index in [1.807, 2.05) is 60.1 Å². The number of pyridine rings is 1. The molecule has 0 unspecified atom stereocenters. The van der Waals surface area contributed by atoms with Crippen molar-refractivity contribution in [3.63, 3.8) is 0 Å². The van der Waals surface area contributed by atoms with Gasteiger partial charge < -0.3 is 4.57 Å². The topological polar surface area (TPSA) is 38.1 Å². The predicted octanol–water partition coefficient (Wildman–Crippen LogP) is 1.73. The van der Waals surface area contributed by atoms with Crippen molar-refractivity contribution in [3.8, 4) is 0 Å². The molecule has 2 heterocycles. The van der Waals surface area contributed by atoms with Gasteiger partial charge in [-0.3, -0.25) is 14.7 Å². The molecule has 18 heavy (non-hydrogen) atoms. The Morgan fingerprint density at radius 2 is 2.17 bits per heavy atom. The van der Waals surface area contributed by atoms with Crippen LogP contribution in [0.2, 0.25) is 0 Å². The van der Waals surface area contributed by atoms with Crippen molar-refractivity contribution in [2.75, 3.05) is 13.6 Å². The fourth-order valence-electron chi connectivity index (χ4n) is 1.90. The summed E-state index contributed by atoms with van der Waals surface area (Å²) in [7, 11) is 3.81. The molecule has 0 saturated carbocycles. The predicted molar refractivity (Wildman–Crippen MR) is 70.3 cm³/mol. The van der Waals surface area contributed by atoms with Gasteiger partial charge in [-0.05, 0) is 31.3 Å². The van der Waals surface area contributed by atoms with Crippen LogP contribution in [0.4, 0.5) is 0 Å². The van der Waals surface area contributed by atoms with Crippen molar-refractivity contribution in [1.29, 1.82) is 0 Å². The SMILES string of the molecule is CN(CC(=O)c1cccn1C)Cc1ccccn1. The summed E-state index contributed by atoms with van der Waals surface area (Å²) in [6, 6.07) is 9.53. The second kappa shape index (κ2) is 5.60. The number of carbonyl (C=O) groups is 1. The van der Waals surface area contributed by atoms with E-state index in [-0.39, 0.29) is 5.78 Å². The molecule has 2 aromatic rings. The number of nitrogens with zero attached hydrogens (tertiary/aromatic N) is 3. The average Bonchev–Trinajstić information content (AvgIpc) is 2.76. The first-order valence-electron chi connectivity index (χ1n) is 5.90. The number of carbonyl (C=O) groups excluding carboxylic acids is 1. The van der Waals surface area contributed by atoms with Gasteiger partial charge in [-0.1, -0.05) is 6.07 Å². The third-order valence-electron chi connectivity index (χ3n) is 2.80. The van der Waals surface area contributed by atoms with E-state index in [9.17, 15) is 4.79 Å². The van der Waals surface area contributed by atoms with Gasteiger partial charge in [0.1, 0.15) is 0 Å². The molecule has 0 aliphatic rings. The molecule has 4 nitrogen and oxygen atoms in total. The van der Waals surface area contributed by atoms with Gasteiger partial charge in [0.25, 0.3) is 0 Å². The number of hydrogen-bond donors (Lipinski definition) is 0. The van der Waals surface area contributed by atoms with Gasteiger partial charge in [0.05, 0.1) is 17.9 Å². The van der Waals surface area contributed by atoms with Crippen LogP contribution in [0.1, 0.15) is 16.2 Å². The van der Waals surface area contributed by atoms with Crippen LogP contribution in [0, 0.1) is 0 Å². The second-order valence-electron chi connectivity index (χ2n) is 4.42. The molecule has 4 heteroatoms. The van der Waals surface area contributed by atoms with E-state index in [2.05, 4.69) is 4.98 Å². The van der Waals surface area contributed by atoms with Crippen molar-refractivity contribution < 1.29 is 4.79 Å². The molecule has 0 radical (unpaired) electrons. The lowest BCUT2D eigenvalue weighted by atomic mass is 10.2. The number of aryl methyl sites for hydroxylation is 1. The van der Waals surface area contributed by atoms with Gasteiger partial charge in [-0.25, -0.2) is 0 Å². The number of rotatable bonds is 5. The molecule has 0 atom stereocenters. The summed E-state index contributed by atoms with van der Waals surface area (Å²) in [5, 5.41) is 0. The highest BCUT2D eigenvalue weighted by Gasteiger charge is 2.12. The molecule has 0 aromatic carbocycles. The summed E-state index contributed by atoms with van der Waals surface area (Å²) in [5.41, 5.74) is 1.71. The Morgan fingerprint density at radius 1 is 1.33 bits per heavy atom. The molecule has 0 fully saturated rings. The van der Waals surface area contributed by atoms with Crippen LogP contribution in [-0.2, 0) is 13.6 Å². The summed E-state index contributed by atoms with van der Waals surface area (Å²) in [6.45, 7) is 1.07. The highest BCUT2D eigenvalue weighted by atomic mass is 16.1. The number of hydrogen-bond acceptors (Lipinski definition) is 3. The Bertz CT molecular complexity index is 519. The zero-order valence-corrected chi connectivity index (χ0v) is 10.7. The highest BCUT2D eigenvalue weighted by Crippen LogP contribution is 2.04. The van der Waals surface area contributed by atoms with Crippen LogP contribution in [0.5, 0.6) is 0 Å².